The van der Waals surface area contributed by atoms with E-state index in [1.54, 1.807) is 24.4 Å². The number of aromatic nitrogens is 1. The zero-order valence-electron chi connectivity index (χ0n) is 17.8. The first-order valence-corrected chi connectivity index (χ1v) is 10.4. The minimum Gasteiger partial charge on any atom is -0.507 e. The maximum atomic E-state index is 13.2. The number of aromatic amines is 1. The molecular weight excluding hydrogens is 404 g/mol. The lowest BCUT2D eigenvalue weighted by Crippen LogP contribution is -2.29. The van der Waals surface area contributed by atoms with E-state index in [9.17, 15) is 14.7 Å². The molecule has 1 fully saturated rings. The molecule has 1 unspecified atom stereocenters. The van der Waals surface area contributed by atoms with Crippen molar-refractivity contribution in [2.75, 3.05) is 0 Å². The van der Waals surface area contributed by atoms with Crippen LogP contribution in [0, 0.1) is 13.8 Å². The van der Waals surface area contributed by atoms with Crippen LogP contribution in [-0.2, 0) is 16.1 Å². The van der Waals surface area contributed by atoms with Gasteiger partial charge in [0.25, 0.3) is 11.7 Å². The van der Waals surface area contributed by atoms with Gasteiger partial charge in [-0.1, -0.05) is 30.3 Å². The summed E-state index contributed by atoms with van der Waals surface area (Å²) in [4.78, 5) is 31.0. The molecular formula is C26H22N2O4. The number of benzene rings is 2. The quantitative estimate of drug-likeness (QED) is 0.273. The van der Waals surface area contributed by atoms with E-state index >= 15 is 0 Å². The van der Waals surface area contributed by atoms with Gasteiger partial charge < -0.3 is 19.4 Å². The molecule has 2 aromatic carbocycles. The Bertz CT molecular complexity index is 1380. The number of Topliss-reactive ketones (excluding diaryl/α,β-unsaturated/α-hetero) is 1. The van der Waals surface area contributed by atoms with Gasteiger partial charge in [-0.05, 0) is 49.2 Å². The summed E-state index contributed by atoms with van der Waals surface area (Å²) in [5.74, 6) is -0.990. The van der Waals surface area contributed by atoms with Crippen LogP contribution in [-0.4, -0.2) is 26.7 Å². The van der Waals surface area contributed by atoms with E-state index in [1.807, 2.05) is 50.2 Å². The Balaban J connectivity index is 1.72. The lowest BCUT2D eigenvalue weighted by molar-refractivity contribution is -0.140. The molecule has 6 heteroatoms. The number of furan rings is 1. The fraction of sp³-hybridized carbons (Fsp3) is 0.154. The number of carbonyl (C=O) groups excluding carboxylic acids is 2. The predicted molar refractivity (Wildman–Crippen MR) is 121 cm³/mol. The van der Waals surface area contributed by atoms with Crippen LogP contribution in [0.1, 0.15) is 34.1 Å². The zero-order chi connectivity index (χ0) is 22.4. The van der Waals surface area contributed by atoms with Crippen molar-refractivity contribution in [1.82, 2.24) is 9.88 Å². The van der Waals surface area contributed by atoms with Gasteiger partial charge in [-0.2, -0.15) is 0 Å². The molecule has 1 aliphatic heterocycles. The number of fused-ring (bicyclic) bond motifs is 1. The van der Waals surface area contributed by atoms with Gasteiger partial charge in [0.05, 0.1) is 24.4 Å². The van der Waals surface area contributed by atoms with E-state index in [4.69, 9.17) is 4.42 Å². The molecule has 1 atom stereocenters. The molecule has 1 aliphatic rings. The van der Waals surface area contributed by atoms with Crippen LogP contribution >= 0.6 is 0 Å². The zero-order valence-corrected chi connectivity index (χ0v) is 17.8. The highest BCUT2D eigenvalue weighted by molar-refractivity contribution is 6.46. The van der Waals surface area contributed by atoms with E-state index in [1.165, 1.54) is 11.2 Å². The van der Waals surface area contributed by atoms with Crippen LogP contribution in [0.3, 0.4) is 0 Å². The Labute approximate surface area is 184 Å². The summed E-state index contributed by atoms with van der Waals surface area (Å²) in [5, 5.41) is 12.1. The fourth-order valence-electron chi connectivity index (χ4n) is 4.30. The Hall–Kier alpha value is -4.06. The Morgan fingerprint density at radius 2 is 1.88 bits per heavy atom. The summed E-state index contributed by atoms with van der Waals surface area (Å²) >= 11 is 0. The summed E-state index contributed by atoms with van der Waals surface area (Å²) < 4.78 is 5.45. The van der Waals surface area contributed by atoms with Crippen LogP contribution in [0.2, 0.25) is 0 Å². The normalized spacial score (nSPS) is 18.1. The first-order valence-electron chi connectivity index (χ1n) is 10.4. The first-order chi connectivity index (χ1) is 15.5. The molecule has 4 aromatic rings. The maximum absolute atomic E-state index is 13.2. The minimum absolute atomic E-state index is 0.0783. The Morgan fingerprint density at radius 1 is 1.06 bits per heavy atom. The van der Waals surface area contributed by atoms with Gasteiger partial charge in [0.2, 0.25) is 0 Å². The maximum Gasteiger partial charge on any atom is 0.296 e. The molecule has 0 radical (unpaired) electrons. The van der Waals surface area contributed by atoms with Gasteiger partial charge in [0.15, 0.2) is 0 Å². The van der Waals surface area contributed by atoms with Crippen LogP contribution in [0.5, 0.6) is 0 Å². The number of aliphatic hydroxyl groups is 1. The van der Waals surface area contributed by atoms with E-state index in [2.05, 4.69) is 4.98 Å². The smallest absolute Gasteiger partial charge is 0.296 e. The van der Waals surface area contributed by atoms with Crippen molar-refractivity contribution in [3.8, 4) is 0 Å². The van der Waals surface area contributed by atoms with E-state index in [0.717, 1.165) is 27.6 Å². The summed E-state index contributed by atoms with van der Waals surface area (Å²) in [6.45, 7) is 4.04. The highest BCUT2D eigenvalue weighted by atomic mass is 16.3. The second kappa shape index (κ2) is 7.57. The van der Waals surface area contributed by atoms with Gasteiger partial charge in [-0.15, -0.1) is 0 Å². The van der Waals surface area contributed by atoms with Crippen molar-refractivity contribution >= 4 is 28.4 Å². The predicted octanol–water partition coefficient (Wildman–Crippen LogP) is 5.00. The van der Waals surface area contributed by atoms with Crippen molar-refractivity contribution in [2.24, 2.45) is 0 Å². The Kier molecular flexibility index (Phi) is 4.70. The second-order valence-electron chi connectivity index (χ2n) is 8.09. The monoisotopic (exact) mass is 426 g/mol. The number of aliphatic hydroxyl groups excluding tert-OH is 1. The van der Waals surface area contributed by atoms with Crippen molar-refractivity contribution in [2.45, 2.75) is 26.4 Å². The van der Waals surface area contributed by atoms with E-state index < -0.39 is 17.7 Å². The summed E-state index contributed by atoms with van der Waals surface area (Å²) in [5.41, 5.74) is 4.29. The van der Waals surface area contributed by atoms with E-state index in [-0.39, 0.29) is 17.9 Å². The fourth-order valence-corrected chi connectivity index (χ4v) is 4.30. The number of nitrogens with one attached hydrogen (secondary N) is 1. The third-order valence-corrected chi connectivity index (χ3v) is 6.14. The van der Waals surface area contributed by atoms with Gasteiger partial charge >= 0.3 is 0 Å². The number of aryl methyl sites for hydroxylation is 2. The molecule has 1 amide bonds. The van der Waals surface area contributed by atoms with Crippen LogP contribution in [0.25, 0.3) is 16.7 Å². The SMILES string of the molecule is Cc1ccc(/C(O)=C2\C(=O)C(=O)N(Cc3ccco3)C2c2c[nH]c3ccccc23)cc1C. The van der Waals surface area contributed by atoms with Crippen molar-refractivity contribution in [1.29, 1.82) is 0 Å². The number of rotatable bonds is 4. The number of hydrogen-bond donors (Lipinski definition) is 2. The highest BCUT2D eigenvalue weighted by Crippen LogP contribution is 2.42. The standard InChI is InChI=1S/C26H22N2O4/c1-15-9-10-17(12-16(15)2)24(29)22-23(20-13-27-21-8-4-3-7-19(20)21)28(26(31)25(22)30)14-18-6-5-11-32-18/h3-13,23,27,29H,14H2,1-2H3/b24-22+. The minimum atomic E-state index is -0.752. The largest absolute Gasteiger partial charge is 0.507 e. The van der Waals surface area contributed by atoms with E-state index in [0.29, 0.717) is 11.3 Å². The first kappa shape index (κ1) is 19.9. The molecule has 1 saturated heterocycles. The number of ketones is 1. The van der Waals surface area contributed by atoms with Gasteiger partial charge in [0.1, 0.15) is 11.5 Å². The van der Waals surface area contributed by atoms with Gasteiger partial charge in [0, 0.05) is 28.2 Å². The summed E-state index contributed by atoms with van der Waals surface area (Å²) in [6, 6.07) is 15.9. The number of para-hydroxylation sites is 1. The second-order valence-corrected chi connectivity index (χ2v) is 8.09. The number of likely N-dealkylation sites (tertiary alicyclic amines) is 1. The topological polar surface area (TPSA) is 86.5 Å². The Morgan fingerprint density at radius 3 is 2.62 bits per heavy atom. The van der Waals surface area contributed by atoms with Crippen LogP contribution in [0.15, 0.2) is 77.0 Å². The number of hydrogen-bond acceptors (Lipinski definition) is 4. The molecule has 0 bridgehead atoms. The molecule has 32 heavy (non-hydrogen) atoms. The number of amides is 1. The highest BCUT2D eigenvalue weighted by Gasteiger charge is 2.47. The molecule has 6 nitrogen and oxygen atoms in total. The molecule has 3 heterocycles. The molecule has 0 aliphatic carbocycles. The summed E-state index contributed by atoms with van der Waals surface area (Å²) in [6.07, 6.45) is 3.33. The lowest BCUT2D eigenvalue weighted by Gasteiger charge is -2.24. The number of H-pyrrole nitrogens is 1. The average molecular weight is 426 g/mol. The molecule has 0 spiro atoms. The van der Waals surface area contributed by atoms with Crippen LogP contribution in [0.4, 0.5) is 0 Å². The van der Waals surface area contributed by atoms with Crippen LogP contribution < -0.4 is 0 Å². The molecule has 160 valence electrons. The number of carbonyl (C=O) groups is 2. The average Bonchev–Trinajstić information content (AvgIpc) is 3.51. The third kappa shape index (κ3) is 3.12. The lowest BCUT2D eigenvalue weighted by atomic mass is 9.94. The molecule has 2 aromatic heterocycles. The molecule has 2 N–H and O–H groups in total. The van der Waals surface area contributed by atoms with Crippen molar-refractivity contribution in [3.05, 3.63) is 101 Å². The van der Waals surface area contributed by atoms with Gasteiger partial charge in [-0.3, -0.25) is 9.59 Å². The van der Waals surface area contributed by atoms with Crippen molar-refractivity contribution < 1.29 is 19.1 Å². The molecule has 5 rings (SSSR count). The van der Waals surface area contributed by atoms with Crippen molar-refractivity contribution in [3.63, 3.8) is 0 Å². The van der Waals surface area contributed by atoms with Gasteiger partial charge in [-0.25, -0.2) is 0 Å². The summed E-state index contributed by atoms with van der Waals surface area (Å²) in [7, 11) is 0. The number of nitrogens with zero attached hydrogens (tertiary/aromatic N) is 1. The molecule has 0 saturated carbocycles. The third-order valence-electron chi connectivity index (χ3n) is 6.14.